The Balaban J connectivity index is 1.65. The van der Waals surface area contributed by atoms with Gasteiger partial charge in [-0.3, -0.25) is 0 Å². The van der Waals surface area contributed by atoms with E-state index >= 15 is 0 Å². The minimum atomic E-state index is -0.175. The third-order valence-corrected chi connectivity index (χ3v) is 5.81. The molecule has 28 heavy (non-hydrogen) atoms. The van der Waals surface area contributed by atoms with Gasteiger partial charge in [-0.25, -0.2) is 0 Å². The van der Waals surface area contributed by atoms with Gasteiger partial charge in [0, 0.05) is 12.8 Å². The molecule has 0 aliphatic rings. The van der Waals surface area contributed by atoms with E-state index in [0.717, 1.165) is 22.5 Å². The fourth-order valence-corrected chi connectivity index (χ4v) is 3.91. The topological polar surface area (TPSA) is 39.9 Å². The van der Waals surface area contributed by atoms with Gasteiger partial charge in [-0.05, 0) is 42.5 Å². The molecule has 0 bridgehead atoms. The van der Waals surface area contributed by atoms with Crippen LogP contribution in [0.25, 0.3) is 0 Å². The maximum atomic E-state index is 6.11. The zero-order valence-corrected chi connectivity index (χ0v) is 18.4. The first kappa shape index (κ1) is 20.5. The highest BCUT2D eigenvalue weighted by Gasteiger charge is 2.18. The van der Waals surface area contributed by atoms with Crippen LogP contribution < -0.4 is 4.74 Å². The number of aryl methyl sites for hydroxylation is 1. The van der Waals surface area contributed by atoms with Crippen LogP contribution in [-0.2, 0) is 18.2 Å². The molecule has 3 rings (SSSR count). The van der Waals surface area contributed by atoms with Crippen molar-refractivity contribution in [1.29, 1.82) is 0 Å². The van der Waals surface area contributed by atoms with Gasteiger partial charge in [0.05, 0.1) is 0 Å². The van der Waals surface area contributed by atoms with Gasteiger partial charge in [-0.1, -0.05) is 74.5 Å². The second-order valence-corrected chi connectivity index (χ2v) is 9.15. The average molecular weight is 396 g/mol. The minimum Gasteiger partial charge on any atom is -0.483 e. The predicted octanol–water partition coefficient (Wildman–Crippen LogP) is 5.85. The minimum absolute atomic E-state index is 0.136. The molecule has 0 aliphatic carbocycles. The second kappa shape index (κ2) is 8.39. The predicted molar refractivity (Wildman–Crippen MR) is 116 cm³/mol. The number of thioether (sulfide) groups is 1. The van der Waals surface area contributed by atoms with Crippen molar-refractivity contribution in [3.8, 4) is 5.75 Å². The Morgan fingerprint density at radius 2 is 1.79 bits per heavy atom. The lowest BCUT2D eigenvalue weighted by Gasteiger charge is -2.20. The van der Waals surface area contributed by atoms with Crippen molar-refractivity contribution < 1.29 is 4.74 Å². The molecule has 4 nitrogen and oxygen atoms in total. The van der Waals surface area contributed by atoms with Crippen LogP contribution in [0.15, 0.2) is 53.7 Å². The molecule has 1 heterocycles. The molecular formula is C23H29N3OS. The van der Waals surface area contributed by atoms with Gasteiger partial charge in [0.1, 0.15) is 5.75 Å². The zero-order valence-electron chi connectivity index (χ0n) is 17.6. The molecule has 0 N–H and O–H groups in total. The highest BCUT2D eigenvalue weighted by molar-refractivity contribution is 7.98. The molecule has 0 saturated carbocycles. The number of rotatable bonds is 6. The lowest BCUT2D eigenvalue weighted by molar-refractivity contribution is 0.211. The maximum absolute atomic E-state index is 6.11. The summed E-state index contributed by atoms with van der Waals surface area (Å²) in [7, 11) is 2.00. The molecule has 148 valence electrons. The Morgan fingerprint density at radius 3 is 2.43 bits per heavy atom. The van der Waals surface area contributed by atoms with Crippen LogP contribution in [0.5, 0.6) is 5.75 Å². The number of benzene rings is 2. The summed E-state index contributed by atoms with van der Waals surface area (Å²) in [6.07, 6.45) is -0.175. The number of hydrogen-bond acceptors (Lipinski definition) is 4. The lowest BCUT2D eigenvalue weighted by atomic mass is 9.87. The van der Waals surface area contributed by atoms with Gasteiger partial charge in [0.2, 0.25) is 0 Å². The number of aromatic nitrogens is 3. The van der Waals surface area contributed by atoms with Crippen LogP contribution in [-0.4, -0.2) is 14.8 Å². The first-order valence-electron chi connectivity index (χ1n) is 9.59. The largest absolute Gasteiger partial charge is 0.483 e. The SMILES string of the molecule is Cc1cccc(CSc2nnc(C(C)Oc3ccc(C(C)(C)C)cc3)n2C)c1. The molecular weight excluding hydrogens is 366 g/mol. The van der Waals surface area contributed by atoms with E-state index in [1.165, 1.54) is 16.7 Å². The van der Waals surface area contributed by atoms with Crippen LogP contribution in [0.1, 0.15) is 56.3 Å². The first-order chi connectivity index (χ1) is 13.2. The van der Waals surface area contributed by atoms with E-state index in [2.05, 4.69) is 74.3 Å². The molecule has 0 fully saturated rings. The fraction of sp³-hybridized carbons (Fsp3) is 0.391. The smallest absolute Gasteiger partial charge is 0.191 e. The molecule has 1 unspecified atom stereocenters. The van der Waals surface area contributed by atoms with Crippen LogP contribution in [0.3, 0.4) is 0 Å². The Labute approximate surface area is 172 Å². The summed E-state index contributed by atoms with van der Waals surface area (Å²) in [6.45, 7) is 10.8. The van der Waals surface area contributed by atoms with Gasteiger partial charge in [0.15, 0.2) is 17.1 Å². The third-order valence-electron chi connectivity index (χ3n) is 4.72. The van der Waals surface area contributed by atoms with Crippen molar-refractivity contribution in [2.24, 2.45) is 7.05 Å². The summed E-state index contributed by atoms with van der Waals surface area (Å²) >= 11 is 1.69. The Hall–Kier alpha value is -2.27. The molecule has 0 amide bonds. The van der Waals surface area contributed by atoms with Gasteiger partial charge in [-0.15, -0.1) is 10.2 Å². The lowest BCUT2D eigenvalue weighted by Crippen LogP contribution is -2.12. The summed E-state index contributed by atoms with van der Waals surface area (Å²) in [6, 6.07) is 16.9. The number of hydrogen-bond donors (Lipinski definition) is 0. The van der Waals surface area contributed by atoms with Crippen molar-refractivity contribution in [1.82, 2.24) is 14.8 Å². The summed E-state index contributed by atoms with van der Waals surface area (Å²) in [5.41, 5.74) is 3.99. The monoisotopic (exact) mass is 395 g/mol. The third kappa shape index (κ3) is 4.96. The quantitative estimate of drug-likeness (QED) is 0.491. The van der Waals surface area contributed by atoms with Gasteiger partial charge in [-0.2, -0.15) is 0 Å². The van der Waals surface area contributed by atoms with Crippen molar-refractivity contribution in [3.05, 3.63) is 71.0 Å². The van der Waals surface area contributed by atoms with Crippen molar-refractivity contribution in [3.63, 3.8) is 0 Å². The summed E-state index contributed by atoms with van der Waals surface area (Å²) in [5.74, 6) is 2.54. The van der Waals surface area contributed by atoms with Gasteiger partial charge in [0.25, 0.3) is 0 Å². The Morgan fingerprint density at radius 1 is 1.07 bits per heavy atom. The van der Waals surface area contributed by atoms with Crippen molar-refractivity contribution in [2.45, 2.75) is 57.0 Å². The van der Waals surface area contributed by atoms with E-state index in [1.807, 2.05) is 30.7 Å². The van der Waals surface area contributed by atoms with E-state index in [-0.39, 0.29) is 11.5 Å². The fourth-order valence-electron chi connectivity index (χ4n) is 3.05. The number of nitrogens with zero attached hydrogens (tertiary/aromatic N) is 3. The zero-order chi connectivity index (χ0) is 20.3. The summed E-state index contributed by atoms with van der Waals surface area (Å²) in [4.78, 5) is 0. The summed E-state index contributed by atoms with van der Waals surface area (Å²) < 4.78 is 8.13. The van der Waals surface area contributed by atoms with E-state index in [4.69, 9.17) is 4.74 Å². The van der Waals surface area contributed by atoms with Gasteiger partial charge < -0.3 is 9.30 Å². The Kier molecular flexibility index (Phi) is 6.14. The highest BCUT2D eigenvalue weighted by atomic mass is 32.2. The maximum Gasteiger partial charge on any atom is 0.191 e. The standard InChI is InChI=1S/C23H29N3OS/c1-16-8-7-9-18(14-16)15-28-22-25-24-21(26(22)6)17(2)27-20-12-10-19(11-13-20)23(3,4)5/h7-14,17H,15H2,1-6H3. The van der Waals surface area contributed by atoms with Gasteiger partial charge >= 0.3 is 0 Å². The molecule has 5 heteroatoms. The molecule has 1 aromatic heterocycles. The van der Waals surface area contributed by atoms with Crippen LogP contribution in [0, 0.1) is 6.92 Å². The van der Waals surface area contributed by atoms with Crippen LogP contribution >= 0.6 is 11.8 Å². The van der Waals surface area contributed by atoms with E-state index in [0.29, 0.717) is 0 Å². The number of ether oxygens (including phenoxy) is 1. The molecule has 0 aliphatic heterocycles. The average Bonchev–Trinajstić information content (AvgIpc) is 3.00. The normalized spacial score (nSPS) is 12.8. The van der Waals surface area contributed by atoms with Crippen molar-refractivity contribution in [2.75, 3.05) is 0 Å². The van der Waals surface area contributed by atoms with Crippen molar-refractivity contribution >= 4 is 11.8 Å². The summed E-state index contributed by atoms with van der Waals surface area (Å²) in [5, 5.41) is 9.62. The van der Waals surface area contributed by atoms with E-state index in [9.17, 15) is 0 Å². The molecule has 0 saturated heterocycles. The van der Waals surface area contributed by atoms with Crippen LogP contribution in [0.2, 0.25) is 0 Å². The second-order valence-electron chi connectivity index (χ2n) is 8.21. The Bertz CT molecular complexity index is 926. The van der Waals surface area contributed by atoms with E-state index < -0.39 is 0 Å². The highest BCUT2D eigenvalue weighted by Crippen LogP contribution is 2.28. The molecule has 0 spiro atoms. The van der Waals surface area contributed by atoms with Crippen LogP contribution in [0.4, 0.5) is 0 Å². The van der Waals surface area contributed by atoms with E-state index in [1.54, 1.807) is 11.8 Å². The molecule has 1 atom stereocenters. The first-order valence-corrected chi connectivity index (χ1v) is 10.6. The molecule has 2 aromatic carbocycles. The molecule has 0 radical (unpaired) electrons. The molecule has 3 aromatic rings.